The molecule has 7 nitrogen and oxygen atoms in total. The highest BCUT2D eigenvalue weighted by Crippen LogP contribution is 2.22. The van der Waals surface area contributed by atoms with Crippen molar-refractivity contribution in [1.29, 1.82) is 0 Å². The summed E-state index contributed by atoms with van der Waals surface area (Å²) in [6.45, 7) is 3.64. The van der Waals surface area contributed by atoms with Gasteiger partial charge in [0.1, 0.15) is 6.04 Å². The number of rotatable bonds is 6. The molecule has 0 aliphatic rings. The molecule has 1 rings (SSSR count). The molecule has 1 atom stereocenters. The van der Waals surface area contributed by atoms with Gasteiger partial charge < -0.3 is 10.4 Å². The summed E-state index contributed by atoms with van der Waals surface area (Å²) >= 11 is 5.83. The van der Waals surface area contributed by atoms with E-state index >= 15 is 0 Å². The van der Waals surface area contributed by atoms with Crippen molar-refractivity contribution < 1.29 is 19.6 Å². The minimum Gasteiger partial charge on any atom is -0.480 e. The van der Waals surface area contributed by atoms with Crippen LogP contribution in [0, 0.1) is 16.0 Å². The fourth-order valence-corrected chi connectivity index (χ4v) is 1.93. The van der Waals surface area contributed by atoms with Crippen LogP contribution in [0.1, 0.15) is 30.6 Å². The Hall–Kier alpha value is -2.15. The molecule has 8 heteroatoms. The normalized spacial score (nSPS) is 12.0. The molecule has 114 valence electrons. The summed E-state index contributed by atoms with van der Waals surface area (Å²) in [7, 11) is 0. The molecular weight excluding hydrogens is 300 g/mol. The summed E-state index contributed by atoms with van der Waals surface area (Å²) in [4.78, 5) is 33.2. The third-order valence-corrected chi connectivity index (χ3v) is 3.05. The van der Waals surface area contributed by atoms with Crippen molar-refractivity contribution in [1.82, 2.24) is 5.32 Å². The van der Waals surface area contributed by atoms with Gasteiger partial charge in [0.15, 0.2) is 0 Å². The Labute approximate surface area is 126 Å². The number of nitro groups is 1. The van der Waals surface area contributed by atoms with Crippen LogP contribution in [0.4, 0.5) is 5.69 Å². The molecular formula is C13H15ClN2O5. The standard InChI is InChI=1S/C13H15ClN2O5/c1-7(2)5-11(13(18)19)15-12(17)9-6-8(16(20)21)3-4-10(9)14/h3-4,6-7,11H,5H2,1-2H3,(H,15,17)(H,18,19)/t11-/m0/s1. The van der Waals surface area contributed by atoms with Gasteiger partial charge in [-0.05, 0) is 18.4 Å². The number of benzene rings is 1. The summed E-state index contributed by atoms with van der Waals surface area (Å²) in [5, 5.41) is 22.1. The molecule has 2 N–H and O–H groups in total. The molecule has 1 aromatic carbocycles. The number of carboxylic acids is 1. The molecule has 1 amide bonds. The zero-order valence-corrected chi connectivity index (χ0v) is 12.3. The largest absolute Gasteiger partial charge is 0.480 e. The van der Waals surface area contributed by atoms with Gasteiger partial charge >= 0.3 is 5.97 Å². The lowest BCUT2D eigenvalue weighted by molar-refractivity contribution is -0.384. The van der Waals surface area contributed by atoms with Crippen LogP contribution in [-0.2, 0) is 4.79 Å². The minimum absolute atomic E-state index is 0.0202. The van der Waals surface area contributed by atoms with Gasteiger partial charge in [-0.15, -0.1) is 0 Å². The minimum atomic E-state index is -1.17. The summed E-state index contributed by atoms with van der Waals surface area (Å²) < 4.78 is 0. The first-order valence-electron chi connectivity index (χ1n) is 6.20. The number of nitrogens with one attached hydrogen (secondary N) is 1. The number of nitrogens with zero attached hydrogens (tertiary/aromatic N) is 1. The SMILES string of the molecule is CC(C)C[C@H](NC(=O)c1cc([N+](=O)[O-])ccc1Cl)C(=O)O. The summed E-state index contributed by atoms with van der Waals surface area (Å²) in [5.41, 5.74) is -0.416. The first-order valence-corrected chi connectivity index (χ1v) is 6.57. The number of hydrogen-bond donors (Lipinski definition) is 2. The van der Waals surface area contributed by atoms with Gasteiger partial charge in [-0.2, -0.15) is 0 Å². The zero-order chi connectivity index (χ0) is 16.2. The first-order chi connectivity index (χ1) is 9.72. The van der Waals surface area contributed by atoms with Crippen molar-refractivity contribution >= 4 is 29.2 Å². The van der Waals surface area contributed by atoms with E-state index < -0.39 is 22.8 Å². The number of non-ortho nitro benzene ring substituents is 1. The third-order valence-electron chi connectivity index (χ3n) is 2.72. The average Bonchev–Trinajstić information content (AvgIpc) is 2.37. The van der Waals surface area contributed by atoms with E-state index in [1.165, 1.54) is 12.1 Å². The third kappa shape index (κ3) is 4.71. The molecule has 0 aliphatic carbocycles. The number of halogens is 1. The lowest BCUT2D eigenvalue weighted by atomic mass is 10.0. The second kappa shape index (κ2) is 7.03. The van der Waals surface area contributed by atoms with Crippen LogP contribution >= 0.6 is 11.6 Å². The fourth-order valence-electron chi connectivity index (χ4n) is 1.73. The molecule has 0 aromatic heterocycles. The second-order valence-corrected chi connectivity index (χ2v) is 5.32. The lowest BCUT2D eigenvalue weighted by Gasteiger charge is -2.16. The van der Waals surface area contributed by atoms with E-state index in [0.29, 0.717) is 0 Å². The van der Waals surface area contributed by atoms with Gasteiger partial charge in [0.25, 0.3) is 11.6 Å². The van der Waals surface area contributed by atoms with Crippen molar-refractivity contribution in [2.24, 2.45) is 5.92 Å². The first kappa shape index (κ1) is 16.9. The Bertz CT molecular complexity index is 574. The Morgan fingerprint density at radius 1 is 1.43 bits per heavy atom. The number of carbonyl (C=O) groups is 2. The number of carboxylic acid groups (broad SMARTS) is 1. The molecule has 0 bridgehead atoms. The zero-order valence-electron chi connectivity index (χ0n) is 11.5. The highest BCUT2D eigenvalue weighted by Gasteiger charge is 2.24. The van der Waals surface area contributed by atoms with E-state index in [4.69, 9.17) is 16.7 Å². The van der Waals surface area contributed by atoms with Crippen molar-refractivity contribution in [3.63, 3.8) is 0 Å². The summed E-state index contributed by atoms with van der Waals surface area (Å²) in [6, 6.07) is 2.34. The van der Waals surface area contributed by atoms with Crippen LogP contribution in [0.5, 0.6) is 0 Å². The number of amides is 1. The summed E-state index contributed by atoms with van der Waals surface area (Å²) in [6.07, 6.45) is 0.244. The van der Waals surface area contributed by atoms with Gasteiger partial charge in [-0.3, -0.25) is 14.9 Å². The maximum absolute atomic E-state index is 12.1. The molecule has 0 fully saturated rings. The van der Waals surface area contributed by atoms with Crippen molar-refractivity contribution in [3.8, 4) is 0 Å². The molecule has 0 aliphatic heterocycles. The monoisotopic (exact) mass is 314 g/mol. The van der Waals surface area contributed by atoms with E-state index in [-0.39, 0.29) is 28.6 Å². The maximum atomic E-state index is 12.1. The molecule has 0 radical (unpaired) electrons. The highest BCUT2D eigenvalue weighted by atomic mass is 35.5. The Kier molecular flexibility index (Phi) is 5.66. The predicted octanol–water partition coefficient (Wildman–Crippen LogP) is 2.48. The van der Waals surface area contributed by atoms with Crippen molar-refractivity contribution in [2.75, 3.05) is 0 Å². The van der Waals surface area contributed by atoms with E-state index in [0.717, 1.165) is 6.07 Å². The van der Waals surface area contributed by atoms with Crippen molar-refractivity contribution in [2.45, 2.75) is 26.3 Å². The molecule has 0 spiro atoms. The van der Waals surface area contributed by atoms with E-state index in [9.17, 15) is 19.7 Å². The topological polar surface area (TPSA) is 110 Å². The van der Waals surface area contributed by atoms with Crippen molar-refractivity contribution in [3.05, 3.63) is 38.9 Å². The van der Waals surface area contributed by atoms with Crippen LogP contribution in [0.25, 0.3) is 0 Å². The molecule has 0 heterocycles. The van der Waals surface area contributed by atoms with Crippen LogP contribution in [0.2, 0.25) is 5.02 Å². The van der Waals surface area contributed by atoms with E-state index in [1.807, 2.05) is 13.8 Å². The Morgan fingerprint density at radius 2 is 2.05 bits per heavy atom. The van der Waals surface area contributed by atoms with E-state index in [2.05, 4.69) is 5.32 Å². The average molecular weight is 315 g/mol. The quantitative estimate of drug-likeness (QED) is 0.619. The highest BCUT2D eigenvalue weighted by molar-refractivity contribution is 6.34. The fraction of sp³-hybridized carbons (Fsp3) is 0.385. The number of carbonyl (C=O) groups excluding carboxylic acids is 1. The van der Waals surface area contributed by atoms with E-state index in [1.54, 1.807) is 0 Å². The predicted molar refractivity (Wildman–Crippen MR) is 76.5 cm³/mol. The molecule has 0 saturated carbocycles. The second-order valence-electron chi connectivity index (χ2n) is 4.92. The van der Waals surface area contributed by atoms with Crippen LogP contribution in [-0.4, -0.2) is 27.9 Å². The van der Waals surface area contributed by atoms with Crippen LogP contribution in [0.15, 0.2) is 18.2 Å². The van der Waals surface area contributed by atoms with Gasteiger partial charge in [0.2, 0.25) is 0 Å². The van der Waals surface area contributed by atoms with Gasteiger partial charge in [-0.1, -0.05) is 25.4 Å². The Morgan fingerprint density at radius 3 is 2.52 bits per heavy atom. The molecule has 0 unspecified atom stereocenters. The molecule has 21 heavy (non-hydrogen) atoms. The number of hydrogen-bond acceptors (Lipinski definition) is 4. The summed E-state index contributed by atoms with van der Waals surface area (Å²) in [5.74, 6) is -1.86. The van der Waals surface area contributed by atoms with Crippen LogP contribution in [0.3, 0.4) is 0 Å². The smallest absolute Gasteiger partial charge is 0.326 e. The number of aliphatic carboxylic acids is 1. The van der Waals surface area contributed by atoms with Gasteiger partial charge in [0.05, 0.1) is 15.5 Å². The van der Waals surface area contributed by atoms with Gasteiger partial charge in [0, 0.05) is 12.1 Å². The number of nitro benzene ring substituents is 1. The molecule has 1 aromatic rings. The van der Waals surface area contributed by atoms with Crippen LogP contribution < -0.4 is 5.32 Å². The van der Waals surface area contributed by atoms with Gasteiger partial charge in [-0.25, -0.2) is 4.79 Å². The molecule has 0 saturated heterocycles. The Balaban J connectivity index is 2.99. The lowest BCUT2D eigenvalue weighted by Crippen LogP contribution is -2.41. The maximum Gasteiger partial charge on any atom is 0.326 e.